The average molecular weight is 242 g/mol. The molecule has 1 fully saturated rings. The lowest BCUT2D eigenvalue weighted by Crippen LogP contribution is -2.39. The van der Waals surface area contributed by atoms with Gasteiger partial charge in [0.25, 0.3) is 11.6 Å². The number of anilines is 1. The molecule has 1 saturated heterocycles. The molecule has 1 heterocycles. The summed E-state index contributed by atoms with van der Waals surface area (Å²) in [4.78, 5) is 12.0. The first-order chi connectivity index (χ1) is 7.99. The van der Waals surface area contributed by atoms with Crippen LogP contribution in [0.5, 0.6) is 0 Å². The van der Waals surface area contributed by atoms with Crippen LogP contribution < -0.4 is 4.90 Å². The summed E-state index contributed by atoms with van der Waals surface area (Å²) in [6.07, 6.45) is -0.502. The van der Waals surface area contributed by atoms with Gasteiger partial charge in [0.1, 0.15) is 5.69 Å². The molecule has 1 aromatic rings. The van der Waals surface area contributed by atoms with Crippen molar-refractivity contribution in [2.45, 2.75) is 18.8 Å². The minimum Gasteiger partial charge on any atom is -0.366 e. The summed E-state index contributed by atoms with van der Waals surface area (Å²) < 4.78 is 26.0. The van der Waals surface area contributed by atoms with E-state index in [2.05, 4.69) is 0 Å². The molecule has 0 N–H and O–H groups in total. The molecule has 92 valence electrons. The van der Waals surface area contributed by atoms with Gasteiger partial charge in [0, 0.05) is 32.0 Å². The molecule has 0 aliphatic carbocycles. The highest BCUT2D eigenvalue weighted by Crippen LogP contribution is 2.34. The number of rotatable bonds is 2. The number of nitrogens with zero attached hydrogens (tertiary/aromatic N) is 2. The number of hydrogen-bond acceptors (Lipinski definition) is 3. The van der Waals surface area contributed by atoms with E-state index in [4.69, 9.17) is 0 Å². The third-order valence-electron chi connectivity index (χ3n) is 2.91. The lowest BCUT2D eigenvalue weighted by molar-refractivity contribution is -0.384. The molecule has 6 heteroatoms. The van der Waals surface area contributed by atoms with Crippen molar-refractivity contribution in [1.82, 2.24) is 0 Å². The fraction of sp³-hybridized carbons (Fsp3) is 0.455. The molecule has 17 heavy (non-hydrogen) atoms. The van der Waals surface area contributed by atoms with Gasteiger partial charge in [-0.05, 0) is 6.07 Å². The number of piperidine rings is 1. The molecular formula is C11H12F2N2O2. The Morgan fingerprint density at radius 3 is 2.41 bits per heavy atom. The first kappa shape index (κ1) is 11.8. The predicted octanol–water partition coefficient (Wildman–Crippen LogP) is 2.83. The fourth-order valence-corrected chi connectivity index (χ4v) is 1.96. The third-order valence-corrected chi connectivity index (χ3v) is 2.91. The molecule has 1 aliphatic rings. The third kappa shape index (κ3) is 2.51. The average Bonchev–Trinajstić information content (AvgIpc) is 2.29. The van der Waals surface area contributed by atoms with Crippen molar-refractivity contribution in [2.75, 3.05) is 18.0 Å². The van der Waals surface area contributed by atoms with E-state index in [9.17, 15) is 18.9 Å². The van der Waals surface area contributed by atoms with Crippen LogP contribution in [0, 0.1) is 10.1 Å². The molecule has 0 atom stereocenters. The van der Waals surface area contributed by atoms with Gasteiger partial charge in [-0.25, -0.2) is 8.78 Å². The fourth-order valence-electron chi connectivity index (χ4n) is 1.96. The molecule has 0 bridgehead atoms. The molecule has 0 spiro atoms. The number of nitro benzene ring substituents is 1. The van der Waals surface area contributed by atoms with Crippen molar-refractivity contribution in [2.24, 2.45) is 0 Å². The van der Waals surface area contributed by atoms with Gasteiger partial charge in [-0.3, -0.25) is 10.1 Å². The molecule has 2 rings (SSSR count). The number of nitro groups is 1. The van der Waals surface area contributed by atoms with Gasteiger partial charge in [0.2, 0.25) is 0 Å². The first-order valence-electron chi connectivity index (χ1n) is 5.36. The number of benzene rings is 1. The highest BCUT2D eigenvalue weighted by atomic mass is 19.3. The van der Waals surface area contributed by atoms with Crippen LogP contribution in [0.15, 0.2) is 24.3 Å². The monoisotopic (exact) mass is 242 g/mol. The Morgan fingerprint density at radius 2 is 1.82 bits per heavy atom. The summed E-state index contributed by atoms with van der Waals surface area (Å²) in [6.45, 7) is 0.301. The van der Waals surface area contributed by atoms with Crippen molar-refractivity contribution >= 4 is 11.4 Å². The van der Waals surface area contributed by atoms with Crippen molar-refractivity contribution in [3.05, 3.63) is 34.4 Å². The van der Waals surface area contributed by atoms with Crippen LogP contribution in [-0.2, 0) is 0 Å². The Hall–Kier alpha value is -1.72. The van der Waals surface area contributed by atoms with E-state index in [0.717, 1.165) is 0 Å². The summed E-state index contributed by atoms with van der Waals surface area (Å²) in [7, 11) is 0. The second-order valence-electron chi connectivity index (χ2n) is 4.09. The predicted molar refractivity (Wildman–Crippen MR) is 59.5 cm³/mol. The molecule has 0 amide bonds. The molecule has 1 aliphatic heterocycles. The first-order valence-corrected chi connectivity index (χ1v) is 5.36. The maximum Gasteiger partial charge on any atom is 0.292 e. The Bertz CT molecular complexity index is 427. The van der Waals surface area contributed by atoms with E-state index in [1.165, 1.54) is 6.07 Å². The topological polar surface area (TPSA) is 46.4 Å². The van der Waals surface area contributed by atoms with Gasteiger partial charge in [-0.2, -0.15) is 0 Å². The van der Waals surface area contributed by atoms with E-state index < -0.39 is 10.8 Å². The number of hydrogen-bond donors (Lipinski definition) is 0. The van der Waals surface area contributed by atoms with Crippen molar-refractivity contribution in [3.8, 4) is 0 Å². The zero-order valence-electron chi connectivity index (χ0n) is 9.10. The summed E-state index contributed by atoms with van der Waals surface area (Å²) in [6, 6.07) is 6.24. The molecule has 0 unspecified atom stereocenters. The van der Waals surface area contributed by atoms with Crippen molar-refractivity contribution in [3.63, 3.8) is 0 Å². The minimum atomic E-state index is -2.64. The normalized spacial score (nSPS) is 19.1. The molecule has 1 aromatic carbocycles. The highest BCUT2D eigenvalue weighted by molar-refractivity contribution is 5.63. The van der Waals surface area contributed by atoms with Crippen molar-refractivity contribution < 1.29 is 13.7 Å². The minimum absolute atomic E-state index is 0.0299. The van der Waals surface area contributed by atoms with Crippen LogP contribution in [0.4, 0.5) is 20.2 Å². The molecule has 0 saturated carbocycles. The maximum atomic E-state index is 13.0. The van der Waals surface area contributed by atoms with Crippen LogP contribution >= 0.6 is 0 Å². The zero-order chi connectivity index (χ0) is 12.5. The molecule has 4 nitrogen and oxygen atoms in total. The standard InChI is InChI=1S/C11H12F2N2O2/c12-11(13)5-7-14(8-6-11)9-3-1-2-4-10(9)15(16)17/h1-4H,5-8H2. The van der Waals surface area contributed by atoms with Gasteiger partial charge in [0.05, 0.1) is 4.92 Å². The van der Waals surface area contributed by atoms with E-state index in [-0.39, 0.29) is 31.6 Å². The van der Waals surface area contributed by atoms with Gasteiger partial charge >= 0.3 is 0 Å². The Kier molecular flexibility index (Phi) is 2.95. The van der Waals surface area contributed by atoms with Gasteiger partial charge < -0.3 is 4.90 Å². The van der Waals surface area contributed by atoms with Crippen LogP contribution in [0.2, 0.25) is 0 Å². The number of halogens is 2. The van der Waals surface area contributed by atoms with Crippen LogP contribution in [-0.4, -0.2) is 23.9 Å². The number of alkyl halides is 2. The maximum absolute atomic E-state index is 13.0. The second-order valence-corrected chi connectivity index (χ2v) is 4.09. The lowest BCUT2D eigenvalue weighted by Gasteiger charge is -2.32. The van der Waals surface area contributed by atoms with Crippen LogP contribution in [0.25, 0.3) is 0 Å². The summed E-state index contributed by atoms with van der Waals surface area (Å²) in [5.74, 6) is -2.64. The molecule has 0 radical (unpaired) electrons. The SMILES string of the molecule is O=[N+]([O-])c1ccccc1N1CCC(F)(F)CC1. The quantitative estimate of drug-likeness (QED) is 0.591. The second kappa shape index (κ2) is 4.27. The van der Waals surface area contributed by atoms with Crippen LogP contribution in [0.1, 0.15) is 12.8 Å². The zero-order valence-corrected chi connectivity index (χ0v) is 9.10. The highest BCUT2D eigenvalue weighted by Gasteiger charge is 2.35. The van der Waals surface area contributed by atoms with Gasteiger partial charge in [0.15, 0.2) is 0 Å². The summed E-state index contributed by atoms with van der Waals surface area (Å²) in [5, 5.41) is 10.8. The van der Waals surface area contributed by atoms with E-state index >= 15 is 0 Å². The summed E-state index contributed by atoms with van der Waals surface area (Å²) in [5.41, 5.74) is 0.394. The van der Waals surface area contributed by atoms with Gasteiger partial charge in [-0.1, -0.05) is 12.1 Å². The molecule has 0 aromatic heterocycles. The smallest absolute Gasteiger partial charge is 0.292 e. The Morgan fingerprint density at radius 1 is 1.24 bits per heavy atom. The number of para-hydroxylation sites is 2. The Labute approximate surface area is 97.0 Å². The van der Waals surface area contributed by atoms with Crippen LogP contribution in [0.3, 0.4) is 0 Å². The van der Waals surface area contributed by atoms with Crippen molar-refractivity contribution in [1.29, 1.82) is 0 Å². The lowest BCUT2D eigenvalue weighted by atomic mass is 10.1. The van der Waals surface area contributed by atoms with E-state index in [1.54, 1.807) is 23.1 Å². The largest absolute Gasteiger partial charge is 0.366 e. The van der Waals surface area contributed by atoms with E-state index in [0.29, 0.717) is 5.69 Å². The molecular weight excluding hydrogens is 230 g/mol. The van der Waals surface area contributed by atoms with Gasteiger partial charge in [-0.15, -0.1) is 0 Å². The van der Waals surface area contributed by atoms with E-state index in [1.807, 2.05) is 0 Å². The summed E-state index contributed by atoms with van der Waals surface area (Å²) >= 11 is 0. The Balaban J connectivity index is 2.21.